The highest BCUT2D eigenvalue weighted by Crippen LogP contribution is 2.27. The minimum atomic E-state index is -0.696. The molecule has 0 fully saturated rings. The number of ether oxygens (including phenoxy) is 2. The number of methoxy groups -OCH3 is 1. The van der Waals surface area contributed by atoms with Crippen molar-refractivity contribution in [2.24, 2.45) is 0 Å². The van der Waals surface area contributed by atoms with Gasteiger partial charge in [-0.05, 0) is 42.7 Å². The van der Waals surface area contributed by atoms with Crippen molar-refractivity contribution in [2.45, 2.75) is 18.9 Å². The van der Waals surface area contributed by atoms with Gasteiger partial charge in [0.05, 0.1) is 7.11 Å². The van der Waals surface area contributed by atoms with E-state index >= 15 is 0 Å². The Morgan fingerprint density at radius 3 is 2.71 bits per heavy atom. The van der Waals surface area contributed by atoms with E-state index in [4.69, 9.17) is 9.47 Å². The molecule has 1 aromatic carbocycles. The fraction of sp³-hybridized carbons (Fsp3) is 0.217. The topological polar surface area (TPSA) is 93.7 Å². The Balaban J connectivity index is 1.48. The molecular weight excluding hydrogens is 396 g/mol. The van der Waals surface area contributed by atoms with Gasteiger partial charge in [0.1, 0.15) is 29.1 Å². The normalized spacial score (nSPS) is 15.6. The number of anilines is 1. The number of carbonyl (C=O) groups is 2. The summed E-state index contributed by atoms with van der Waals surface area (Å²) in [6.45, 7) is 0. The number of pyridine rings is 2. The Kier molecular flexibility index (Phi) is 5.79. The van der Waals surface area contributed by atoms with Gasteiger partial charge in [0.25, 0.3) is 5.91 Å². The number of aromatic nitrogens is 2. The average molecular weight is 418 g/mol. The molecule has 1 N–H and O–H groups in total. The van der Waals surface area contributed by atoms with E-state index in [2.05, 4.69) is 15.3 Å². The summed E-state index contributed by atoms with van der Waals surface area (Å²) in [4.78, 5) is 35.8. The van der Waals surface area contributed by atoms with Crippen LogP contribution in [0.3, 0.4) is 0 Å². The van der Waals surface area contributed by atoms with Crippen LogP contribution in [0.25, 0.3) is 0 Å². The largest absolute Gasteiger partial charge is 0.481 e. The lowest BCUT2D eigenvalue weighted by Crippen LogP contribution is -2.47. The highest BCUT2D eigenvalue weighted by Gasteiger charge is 2.31. The number of carbonyl (C=O) groups excluding carboxylic acids is 2. The van der Waals surface area contributed by atoms with E-state index in [-0.39, 0.29) is 11.6 Å². The quantitative estimate of drug-likeness (QED) is 0.685. The molecule has 0 radical (unpaired) electrons. The van der Waals surface area contributed by atoms with Crippen LogP contribution in [0.15, 0.2) is 60.8 Å². The van der Waals surface area contributed by atoms with Gasteiger partial charge in [-0.2, -0.15) is 4.98 Å². The number of aryl methyl sites for hydroxylation is 1. The van der Waals surface area contributed by atoms with Gasteiger partial charge >= 0.3 is 0 Å². The maximum atomic E-state index is 13.0. The lowest BCUT2D eigenvalue weighted by molar-refractivity contribution is -0.120. The molecule has 0 bridgehead atoms. The van der Waals surface area contributed by atoms with Gasteiger partial charge in [0, 0.05) is 25.4 Å². The molecule has 2 aromatic heterocycles. The molecule has 0 saturated carbocycles. The Morgan fingerprint density at radius 2 is 1.94 bits per heavy atom. The summed E-state index contributed by atoms with van der Waals surface area (Å²) in [5.74, 6) is 1.42. The Hall–Kier alpha value is -3.94. The third-order valence-electron chi connectivity index (χ3n) is 5.04. The highest BCUT2D eigenvalue weighted by atomic mass is 16.5. The second kappa shape index (κ2) is 8.83. The smallest absolute Gasteiger partial charge is 0.270 e. The van der Waals surface area contributed by atoms with Crippen molar-refractivity contribution in [3.8, 4) is 17.4 Å². The van der Waals surface area contributed by atoms with Crippen LogP contribution in [0, 0.1) is 0 Å². The number of likely N-dealkylation sites (N-methyl/N-ethyl adjacent to an activating group) is 1. The molecule has 1 unspecified atom stereocenters. The van der Waals surface area contributed by atoms with Gasteiger partial charge in [-0.15, -0.1) is 0 Å². The van der Waals surface area contributed by atoms with E-state index in [1.165, 1.54) is 18.2 Å². The Morgan fingerprint density at radius 1 is 1.13 bits per heavy atom. The van der Waals surface area contributed by atoms with Gasteiger partial charge in [-0.1, -0.05) is 18.2 Å². The maximum Gasteiger partial charge on any atom is 0.270 e. The average Bonchev–Trinajstić information content (AvgIpc) is 2.91. The van der Waals surface area contributed by atoms with Crippen molar-refractivity contribution in [1.82, 2.24) is 15.3 Å². The summed E-state index contributed by atoms with van der Waals surface area (Å²) in [6.07, 6.45) is 2.55. The van der Waals surface area contributed by atoms with Crippen molar-refractivity contribution in [1.29, 1.82) is 0 Å². The molecule has 0 aliphatic carbocycles. The highest BCUT2D eigenvalue weighted by molar-refractivity contribution is 6.02. The second-order valence-corrected chi connectivity index (χ2v) is 7.09. The minimum absolute atomic E-state index is 0.172. The molecule has 0 saturated heterocycles. The van der Waals surface area contributed by atoms with E-state index in [0.717, 1.165) is 5.56 Å². The van der Waals surface area contributed by atoms with Crippen LogP contribution in [-0.4, -0.2) is 42.0 Å². The number of nitrogens with zero attached hydrogens (tertiary/aromatic N) is 3. The molecule has 158 valence electrons. The molecule has 1 aliphatic heterocycles. The molecule has 1 aliphatic rings. The van der Waals surface area contributed by atoms with Crippen LogP contribution in [-0.2, 0) is 11.2 Å². The second-order valence-electron chi connectivity index (χ2n) is 7.09. The lowest BCUT2D eigenvalue weighted by Gasteiger charge is -2.21. The first-order valence-electron chi connectivity index (χ1n) is 9.86. The van der Waals surface area contributed by atoms with Crippen molar-refractivity contribution < 1.29 is 19.1 Å². The summed E-state index contributed by atoms with van der Waals surface area (Å²) in [5.41, 5.74) is 1.09. The molecule has 31 heavy (non-hydrogen) atoms. The first-order valence-corrected chi connectivity index (χ1v) is 9.86. The predicted octanol–water partition coefficient (Wildman–Crippen LogP) is 2.99. The van der Waals surface area contributed by atoms with Gasteiger partial charge < -0.3 is 14.8 Å². The van der Waals surface area contributed by atoms with Crippen LogP contribution < -0.4 is 19.7 Å². The molecule has 2 amide bonds. The molecule has 0 spiro atoms. The van der Waals surface area contributed by atoms with E-state index in [0.29, 0.717) is 36.0 Å². The number of hydrogen-bond donors (Lipinski definition) is 1. The summed E-state index contributed by atoms with van der Waals surface area (Å²) in [5, 5.41) is 2.80. The van der Waals surface area contributed by atoms with Crippen LogP contribution in [0.5, 0.6) is 17.4 Å². The number of para-hydroxylation sites is 1. The predicted molar refractivity (Wildman–Crippen MR) is 115 cm³/mol. The first-order chi connectivity index (χ1) is 15.0. The van der Waals surface area contributed by atoms with E-state index in [1.807, 2.05) is 36.4 Å². The SMILES string of the molecule is COc1ccc2c(n1)N(C)C(=O)C(NC(=O)c1cc(Oc3ccccc3)ccn1)CC2. The summed E-state index contributed by atoms with van der Waals surface area (Å²) < 4.78 is 10.9. The lowest BCUT2D eigenvalue weighted by atomic mass is 10.1. The van der Waals surface area contributed by atoms with Gasteiger partial charge in [-0.3, -0.25) is 19.5 Å². The van der Waals surface area contributed by atoms with Crippen LogP contribution in [0.2, 0.25) is 0 Å². The maximum absolute atomic E-state index is 13.0. The van der Waals surface area contributed by atoms with E-state index < -0.39 is 11.9 Å². The molecule has 4 rings (SSSR count). The van der Waals surface area contributed by atoms with Crippen molar-refractivity contribution in [3.05, 3.63) is 72.1 Å². The van der Waals surface area contributed by atoms with Crippen LogP contribution in [0.1, 0.15) is 22.5 Å². The zero-order chi connectivity index (χ0) is 21.8. The van der Waals surface area contributed by atoms with Crippen molar-refractivity contribution in [2.75, 3.05) is 19.1 Å². The Labute approximate surface area is 179 Å². The molecule has 1 atom stereocenters. The fourth-order valence-corrected chi connectivity index (χ4v) is 3.41. The number of amides is 2. The number of hydrogen-bond acceptors (Lipinski definition) is 6. The van der Waals surface area contributed by atoms with Crippen molar-refractivity contribution >= 4 is 17.6 Å². The number of benzene rings is 1. The molecule has 3 heterocycles. The third-order valence-corrected chi connectivity index (χ3v) is 5.04. The summed E-state index contributed by atoms with van der Waals surface area (Å²) in [6, 6.07) is 15.4. The van der Waals surface area contributed by atoms with Crippen LogP contribution in [0.4, 0.5) is 5.82 Å². The molecular formula is C23H22N4O4. The summed E-state index contributed by atoms with van der Waals surface area (Å²) >= 11 is 0. The Bertz CT molecular complexity index is 1100. The third kappa shape index (κ3) is 4.48. The first kappa shape index (κ1) is 20.3. The monoisotopic (exact) mass is 418 g/mol. The van der Waals surface area contributed by atoms with Gasteiger partial charge in [-0.25, -0.2) is 0 Å². The number of nitrogens with one attached hydrogen (secondary N) is 1. The molecule has 8 nitrogen and oxygen atoms in total. The minimum Gasteiger partial charge on any atom is -0.481 e. The number of rotatable bonds is 5. The van der Waals surface area contributed by atoms with Gasteiger partial charge in [0.15, 0.2) is 0 Å². The van der Waals surface area contributed by atoms with Gasteiger partial charge in [0.2, 0.25) is 11.8 Å². The zero-order valence-corrected chi connectivity index (χ0v) is 17.2. The van der Waals surface area contributed by atoms with Crippen molar-refractivity contribution in [3.63, 3.8) is 0 Å². The van der Waals surface area contributed by atoms with Crippen LogP contribution >= 0.6 is 0 Å². The fourth-order valence-electron chi connectivity index (χ4n) is 3.41. The van der Waals surface area contributed by atoms with E-state index in [1.54, 1.807) is 25.2 Å². The number of fused-ring (bicyclic) bond motifs is 1. The van der Waals surface area contributed by atoms with E-state index in [9.17, 15) is 9.59 Å². The standard InChI is InChI=1S/C23H22N4O4/c1-27-21-15(9-11-20(26-21)30-2)8-10-18(23(27)29)25-22(28)19-14-17(12-13-24-19)31-16-6-4-3-5-7-16/h3-7,9,11-14,18H,8,10H2,1-2H3,(H,25,28). The molecule has 3 aromatic rings. The zero-order valence-electron chi connectivity index (χ0n) is 17.2. The molecule has 8 heteroatoms. The summed E-state index contributed by atoms with van der Waals surface area (Å²) in [7, 11) is 3.17.